The molecular weight excluding hydrogens is 250 g/mol. The highest BCUT2D eigenvalue weighted by atomic mass is 16.5. The van der Waals surface area contributed by atoms with Gasteiger partial charge in [0, 0.05) is 6.07 Å². The second-order valence-electron chi connectivity index (χ2n) is 7.47. The molecule has 0 N–H and O–H groups in total. The van der Waals surface area contributed by atoms with Crippen LogP contribution in [0.4, 0.5) is 0 Å². The lowest BCUT2D eigenvalue weighted by atomic mass is 9.98. The van der Waals surface area contributed by atoms with Crippen LogP contribution in [0.15, 0.2) is 18.2 Å². The monoisotopic (exact) mass is 275 g/mol. The highest BCUT2D eigenvalue weighted by Gasteiger charge is 2.15. The normalized spacial score (nSPS) is 11.8. The first-order valence-electron chi connectivity index (χ1n) is 6.90. The Morgan fingerprint density at radius 2 is 1.50 bits per heavy atom. The minimum absolute atomic E-state index is 0.0506. The van der Waals surface area contributed by atoms with Crippen molar-refractivity contribution in [3.8, 4) is 17.6 Å². The van der Waals surface area contributed by atoms with Crippen LogP contribution in [0.1, 0.15) is 47.1 Å². The van der Waals surface area contributed by atoms with Gasteiger partial charge in [0.05, 0.1) is 18.8 Å². The van der Waals surface area contributed by atoms with Gasteiger partial charge in [-0.25, -0.2) is 0 Å². The van der Waals surface area contributed by atoms with Crippen LogP contribution in [0, 0.1) is 22.2 Å². The van der Waals surface area contributed by atoms with Gasteiger partial charge in [0.1, 0.15) is 17.6 Å². The van der Waals surface area contributed by atoms with Gasteiger partial charge in [0.25, 0.3) is 0 Å². The van der Waals surface area contributed by atoms with Crippen LogP contribution in [0.2, 0.25) is 0 Å². The van der Waals surface area contributed by atoms with Gasteiger partial charge in [-0.05, 0) is 23.0 Å². The lowest BCUT2D eigenvalue weighted by Crippen LogP contribution is -2.18. The molecule has 3 heteroatoms. The van der Waals surface area contributed by atoms with Crippen LogP contribution < -0.4 is 9.47 Å². The van der Waals surface area contributed by atoms with Crippen LogP contribution >= 0.6 is 0 Å². The number of hydrogen-bond donors (Lipinski definition) is 0. The van der Waals surface area contributed by atoms with E-state index in [9.17, 15) is 0 Å². The fourth-order valence-corrected chi connectivity index (χ4v) is 1.40. The van der Waals surface area contributed by atoms with Crippen molar-refractivity contribution >= 4 is 0 Å². The summed E-state index contributed by atoms with van der Waals surface area (Å²) in [5.74, 6) is 1.33. The standard InChI is InChI=1S/C17H25NO2/c1-16(2,3)11-19-14-8-7-13(10-18)15(9-14)20-12-17(4,5)6/h7-9H,11-12H2,1-6H3. The molecule has 1 aromatic carbocycles. The lowest BCUT2D eigenvalue weighted by Gasteiger charge is -2.21. The zero-order chi connectivity index (χ0) is 15.4. The Labute approximate surface area is 122 Å². The van der Waals surface area contributed by atoms with Crippen molar-refractivity contribution in [2.75, 3.05) is 13.2 Å². The molecule has 0 fully saturated rings. The Bertz CT molecular complexity index is 487. The summed E-state index contributed by atoms with van der Waals surface area (Å²) in [4.78, 5) is 0. The Morgan fingerprint density at radius 1 is 0.950 bits per heavy atom. The van der Waals surface area contributed by atoms with E-state index in [0.717, 1.165) is 5.75 Å². The molecule has 0 unspecified atom stereocenters. The highest BCUT2D eigenvalue weighted by molar-refractivity contribution is 5.47. The highest BCUT2D eigenvalue weighted by Crippen LogP contribution is 2.27. The molecule has 0 aliphatic rings. The Hall–Kier alpha value is -1.69. The minimum atomic E-state index is 0.0506. The average Bonchev–Trinajstić information content (AvgIpc) is 2.32. The Morgan fingerprint density at radius 3 is 2.00 bits per heavy atom. The molecule has 0 spiro atoms. The molecule has 20 heavy (non-hydrogen) atoms. The van der Waals surface area contributed by atoms with Crippen molar-refractivity contribution < 1.29 is 9.47 Å². The van der Waals surface area contributed by atoms with E-state index in [1.165, 1.54) is 0 Å². The van der Waals surface area contributed by atoms with E-state index < -0.39 is 0 Å². The van der Waals surface area contributed by atoms with Gasteiger partial charge >= 0.3 is 0 Å². The zero-order valence-corrected chi connectivity index (χ0v) is 13.4. The third-order valence-corrected chi connectivity index (χ3v) is 2.41. The van der Waals surface area contributed by atoms with Gasteiger partial charge in [-0.1, -0.05) is 41.5 Å². The lowest BCUT2D eigenvalue weighted by molar-refractivity contribution is 0.188. The fraction of sp³-hybridized carbons (Fsp3) is 0.588. The number of ether oxygens (including phenoxy) is 2. The second-order valence-corrected chi connectivity index (χ2v) is 7.47. The van der Waals surface area contributed by atoms with Crippen LogP contribution in [-0.4, -0.2) is 13.2 Å². The minimum Gasteiger partial charge on any atom is -0.493 e. The smallest absolute Gasteiger partial charge is 0.140 e. The van der Waals surface area contributed by atoms with E-state index in [-0.39, 0.29) is 10.8 Å². The molecule has 1 rings (SSSR count). The SMILES string of the molecule is CC(C)(C)COc1ccc(C#N)c(OCC(C)(C)C)c1. The average molecular weight is 275 g/mol. The van der Waals surface area contributed by atoms with Gasteiger partial charge in [-0.2, -0.15) is 5.26 Å². The maximum atomic E-state index is 9.13. The van der Waals surface area contributed by atoms with Gasteiger partial charge in [0.15, 0.2) is 0 Å². The van der Waals surface area contributed by atoms with Gasteiger partial charge < -0.3 is 9.47 Å². The van der Waals surface area contributed by atoms with Gasteiger partial charge in [-0.15, -0.1) is 0 Å². The van der Waals surface area contributed by atoms with E-state index in [1.54, 1.807) is 12.1 Å². The largest absolute Gasteiger partial charge is 0.493 e. The molecule has 0 aliphatic heterocycles. The zero-order valence-electron chi connectivity index (χ0n) is 13.4. The number of nitriles is 1. The maximum Gasteiger partial charge on any atom is 0.140 e. The maximum absolute atomic E-state index is 9.13. The van der Waals surface area contributed by atoms with E-state index in [4.69, 9.17) is 14.7 Å². The number of nitrogens with zero attached hydrogens (tertiary/aromatic N) is 1. The Balaban J connectivity index is 2.84. The van der Waals surface area contributed by atoms with Crippen LogP contribution in [0.25, 0.3) is 0 Å². The molecule has 0 aromatic heterocycles. The summed E-state index contributed by atoms with van der Waals surface area (Å²) >= 11 is 0. The predicted octanol–water partition coefficient (Wildman–Crippen LogP) is 4.41. The number of hydrogen-bond acceptors (Lipinski definition) is 3. The van der Waals surface area contributed by atoms with E-state index in [2.05, 4.69) is 47.6 Å². The summed E-state index contributed by atoms with van der Waals surface area (Å²) in [6.07, 6.45) is 0. The molecule has 110 valence electrons. The third kappa shape index (κ3) is 5.97. The molecular formula is C17H25NO2. The van der Waals surface area contributed by atoms with Crippen LogP contribution in [0.5, 0.6) is 11.5 Å². The number of benzene rings is 1. The van der Waals surface area contributed by atoms with Crippen molar-refractivity contribution in [3.63, 3.8) is 0 Å². The summed E-state index contributed by atoms with van der Waals surface area (Å²) in [6.45, 7) is 13.8. The van der Waals surface area contributed by atoms with Crippen molar-refractivity contribution in [1.82, 2.24) is 0 Å². The first-order chi connectivity index (χ1) is 9.11. The molecule has 0 amide bonds. The molecule has 0 bridgehead atoms. The van der Waals surface area contributed by atoms with Crippen molar-refractivity contribution in [3.05, 3.63) is 23.8 Å². The number of rotatable bonds is 4. The molecule has 0 saturated carbocycles. The first-order valence-corrected chi connectivity index (χ1v) is 6.90. The van der Waals surface area contributed by atoms with Crippen molar-refractivity contribution in [2.24, 2.45) is 10.8 Å². The van der Waals surface area contributed by atoms with Gasteiger partial charge in [0.2, 0.25) is 0 Å². The van der Waals surface area contributed by atoms with E-state index in [0.29, 0.717) is 24.5 Å². The van der Waals surface area contributed by atoms with Crippen LogP contribution in [-0.2, 0) is 0 Å². The molecule has 0 radical (unpaired) electrons. The van der Waals surface area contributed by atoms with E-state index >= 15 is 0 Å². The molecule has 1 aromatic rings. The summed E-state index contributed by atoms with van der Waals surface area (Å²) < 4.78 is 11.5. The molecule has 0 aliphatic carbocycles. The van der Waals surface area contributed by atoms with Crippen LogP contribution in [0.3, 0.4) is 0 Å². The summed E-state index contributed by atoms with van der Waals surface area (Å²) in [5, 5.41) is 9.13. The Kier molecular flexibility index (Phi) is 5.05. The van der Waals surface area contributed by atoms with E-state index in [1.807, 2.05) is 6.07 Å². The first kappa shape index (κ1) is 16.4. The third-order valence-electron chi connectivity index (χ3n) is 2.41. The quantitative estimate of drug-likeness (QED) is 0.817. The predicted molar refractivity (Wildman–Crippen MR) is 81.1 cm³/mol. The summed E-state index contributed by atoms with van der Waals surface area (Å²) in [5.41, 5.74) is 0.687. The summed E-state index contributed by atoms with van der Waals surface area (Å²) in [7, 11) is 0. The topological polar surface area (TPSA) is 42.2 Å². The molecule has 0 atom stereocenters. The fourth-order valence-electron chi connectivity index (χ4n) is 1.40. The van der Waals surface area contributed by atoms with Crippen molar-refractivity contribution in [2.45, 2.75) is 41.5 Å². The van der Waals surface area contributed by atoms with Gasteiger partial charge in [-0.3, -0.25) is 0 Å². The van der Waals surface area contributed by atoms with Crippen molar-refractivity contribution in [1.29, 1.82) is 5.26 Å². The molecule has 0 saturated heterocycles. The second kappa shape index (κ2) is 6.17. The molecule has 3 nitrogen and oxygen atoms in total. The summed E-state index contributed by atoms with van der Waals surface area (Å²) in [6, 6.07) is 7.51. The molecule has 0 heterocycles.